The summed E-state index contributed by atoms with van der Waals surface area (Å²) in [5.41, 5.74) is 0. The average molecular weight is 463 g/mol. The van der Waals surface area contributed by atoms with Crippen molar-refractivity contribution in [3.05, 3.63) is 48.5 Å². The summed E-state index contributed by atoms with van der Waals surface area (Å²) in [6.45, 7) is 4.36. The maximum atomic E-state index is 12.7. The third-order valence-corrected chi connectivity index (χ3v) is 6.23. The Balaban J connectivity index is 1.83. The molecular formula is C30H38O4. The van der Waals surface area contributed by atoms with E-state index in [0.717, 1.165) is 60.1 Å². The van der Waals surface area contributed by atoms with Crippen LogP contribution < -0.4 is 9.47 Å². The van der Waals surface area contributed by atoms with Crippen molar-refractivity contribution >= 4 is 33.5 Å². The molecule has 0 atom stereocenters. The van der Waals surface area contributed by atoms with Gasteiger partial charge in [-0.15, -0.1) is 0 Å². The molecule has 3 aromatic carbocycles. The minimum atomic E-state index is -0.219. The molecule has 0 amide bonds. The molecule has 0 aliphatic heterocycles. The van der Waals surface area contributed by atoms with Gasteiger partial charge >= 0.3 is 11.9 Å². The second-order valence-electron chi connectivity index (χ2n) is 9.03. The number of benzene rings is 3. The molecule has 0 spiro atoms. The maximum absolute atomic E-state index is 12.7. The molecule has 3 aromatic rings. The van der Waals surface area contributed by atoms with Crippen LogP contribution in [0.1, 0.15) is 90.9 Å². The van der Waals surface area contributed by atoms with Crippen LogP contribution in [0.5, 0.6) is 11.5 Å². The predicted octanol–water partition coefficient (Wildman–Crippen LogP) is 8.52. The van der Waals surface area contributed by atoms with Gasteiger partial charge in [-0.2, -0.15) is 0 Å². The number of rotatable bonds is 14. The summed E-state index contributed by atoms with van der Waals surface area (Å²) in [6.07, 6.45) is 11.6. The summed E-state index contributed by atoms with van der Waals surface area (Å²) in [4.78, 5) is 25.4. The van der Waals surface area contributed by atoms with E-state index in [1.54, 1.807) is 0 Å². The van der Waals surface area contributed by atoms with E-state index >= 15 is 0 Å². The number of esters is 2. The number of fused-ring (bicyclic) bond motifs is 2. The van der Waals surface area contributed by atoms with E-state index in [1.165, 1.54) is 25.7 Å². The van der Waals surface area contributed by atoms with E-state index in [-0.39, 0.29) is 11.9 Å². The highest BCUT2D eigenvalue weighted by Gasteiger charge is 2.19. The van der Waals surface area contributed by atoms with Gasteiger partial charge < -0.3 is 9.47 Å². The summed E-state index contributed by atoms with van der Waals surface area (Å²) in [7, 11) is 0. The lowest BCUT2D eigenvalue weighted by Crippen LogP contribution is -2.10. The van der Waals surface area contributed by atoms with Gasteiger partial charge in [-0.05, 0) is 12.8 Å². The molecule has 0 unspecified atom stereocenters. The van der Waals surface area contributed by atoms with Crippen molar-refractivity contribution in [3.63, 3.8) is 0 Å². The summed E-state index contributed by atoms with van der Waals surface area (Å²) in [5.74, 6) is 0.653. The zero-order valence-electron chi connectivity index (χ0n) is 20.7. The molecule has 34 heavy (non-hydrogen) atoms. The van der Waals surface area contributed by atoms with Crippen molar-refractivity contribution in [2.75, 3.05) is 0 Å². The highest BCUT2D eigenvalue weighted by molar-refractivity contribution is 6.12. The Hall–Kier alpha value is -2.88. The van der Waals surface area contributed by atoms with E-state index in [9.17, 15) is 9.59 Å². The Bertz CT molecular complexity index is 943. The molecule has 0 radical (unpaired) electrons. The molecule has 0 aromatic heterocycles. The Morgan fingerprint density at radius 3 is 1.18 bits per heavy atom. The molecule has 0 heterocycles. The van der Waals surface area contributed by atoms with Crippen molar-refractivity contribution in [1.82, 2.24) is 0 Å². The number of carbonyl (C=O) groups is 2. The van der Waals surface area contributed by atoms with E-state index in [2.05, 4.69) is 13.8 Å². The van der Waals surface area contributed by atoms with E-state index in [4.69, 9.17) is 9.47 Å². The van der Waals surface area contributed by atoms with Crippen LogP contribution in [0.25, 0.3) is 21.5 Å². The van der Waals surface area contributed by atoms with Gasteiger partial charge in [0.2, 0.25) is 0 Å². The van der Waals surface area contributed by atoms with Crippen LogP contribution in [-0.2, 0) is 9.59 Å². The zero-order valence-corrected chi connectivity index (χ0v) is 20.7. The minimum absolute atomic E-state index is 0.219. The van der Waals surface area contributed by atoms with Crippen LogP contribution in [0.3, 0.4) is 0 Å². The predicted molar refractivity (Wildman–Crippen MR) is 139 cm³/mol. The number of ether oxygens (including phenoxy) is 2. The lowest BCUT2D eigenvalue weighted by atomic mass is 10.0. The van der Waals surface area contributed by atoms with Crippen molar-refractivity contribution in [1.29, 1.82) is 0 Å². The van der Waals surface area contributed by atoms with Gasteiger partial charge in [0, 0.05) is 34.4 Å². The lowest BCUT2D eigenvalue weighted by molar-refractivity contribution is -0.135. The fraction of sp³-hybridized carbons (Fsp3) is 0.467. The van der Waals surface area contributed by atoms with Gasteiger partial charge in [-0.1, -0.05) is 114 Å². The number of hydrogen-bond donors (Lipinski definition) is 0. The van der Waals surface area contributed by atoms with Gasteiger partial charge in [-0.25, -0.2) is 0 Å². The second-order valence-corrected chi connectivity index (χ2v) is 9.03. The molecule has 0 bridgehead atoms. The first-order valence-corrected chi connectivity index (χ1v) is 13.0. The average Bonchev–Trinajstić information content (AvgIpc) is 2.85. The van der Waals surface area contributed by atoms with Crippen molar-refractivity contribution < 1.29 is 19.1 Å². The van der Waals surface area contributed by atoms with E-state index in [0.29, 0.717) is 24.3 Å². The molecule has 0 aliphatic carbocycles. The van der Waals surface area contributed by atoms with Gasteiger partial charge in [0.05, 0.1) is 0 Å². The van der Waals surface area contributed by atoms with E-state index in [1.807, 2.05) is 48.5 Å². The summed E-state index contributed by atoms with van der Waals surface area (Å²) >= 11 is 0. The topological polar surface area (TPSA) is 52.6 Å². The Morgan fingerprint density at radius 1 is 0.529 bits per heavy atom. The molecule has 4 heteroatoms. The third-order valence-electron chi connectivity index (χ3n) is 6.23. The molecule has 182 valence electrons. The second kappa shape index (κ2) is 13.7. The first-order valence-electron chi connectivity index (χ1n) is 13.0. The molecule has 0 saturated carbocycles. The molecule has 0 fully saturated rings. The van der Waals surface area contributed by atoms with Gasteiger partial charge in [-0.3, -0.25) is 9.59 Å². The maximum Gasteiger partial charge on any atom is 0.311 e. The minimum Gasteiger partial charge on any atom is -0.425 e. The molecule has 0 N–H and O–H groups in total. The van der Waals surface area contributed by atoms with E-state index < -0.39 is 0 Å². The van der Waals surface area contributed by atoms with Crippen molar-refractivity contribution in [2.45, 2.75) is 90.9 Å². The summed E-state index contributed by atoms with van der Waals surface area (Å²) in [6, 6.07) is 15.4. The Morgan fingerprint density at radius 2 is 0.853 bits per heavy atom. The summed E-state index contributed by atoms with van der Waals surface area (Å²) < 4.78 is 11.9. The number of hydrogen-bond acceptors (Lipinski definition) is 4. The van der Waals surface area contributed by atoms with Gasteiger partial charge in [0.15, 0.2) is 0 Å². The standard InChI is InChI=1S/C30H38O4/c1-3-5-7-9-11-21-27(31)33-29-23-17-13-15-19-25(23)30(26-20-16-14-18-24(26)29)34-28(32)22-12-10-8-6-4-2/h13-20H,3-12,21-22H2,1-2H3. The van der Waals surface area contributed by atoms with Crippen LogP contribution in [0.2, 0.25) is 0 Å². The first-order chi connectivity index (χ1) is 16.7. The smallest absolute Gasteiger partial charge is 0.311 e. The van der Waals surface area contributed by atoms with Gasteiger partial charge in [0.1, 0.15) is 11.5 Å². The largest absolute Gasteiger partial charge is 0.425 e. The third kappa shape index (κ3) is 7.06. The lowest BCUT2D eigenvalue weighted by Gasteiger charge is -2.16. The number of unbranched alkanes of at least 4 members (excludes halogenated alkanes) is 8. The molecule has 3 rings (SSSR count). The Kier molecular flexibility index (Phi) is 10.4. The SMILES string of the molecule is CCCCCCCC(=O)Oc1c2ccccc2c(OC(=O)CCCCCCC)c2ccccc12. The fourth-order valence-corrected chi connectivity index (χ4v) is 4.34. The fourth-order valence-electron chi connectivity index (χ4n) is 4.34. The van der Waals surface area contributed by atoms with Crippen molar-refractivity contribution in [2.24, 2.45) is 0 Å². The normalized spacial score (nSPS) is 11.1. The quantitative estimate of drug-likeness (QED) is 0.104. The van der Waals surface area contributed by atoms with Crippen LogP contribution in [0.15, 0.2) is 48.5 Å². The van der Waals surface area contributed by atoms with Crippen LogP contribution >= 0.6 is 0 Å². The zero-order chi connectivity index (χ0) is 24.2. The molecule has 4 nitrogen and oxygen atoms in total. The summed E-state index contributed by atoms with van der Waals surface area (Å²) in [5, 5.41) is 3.13. The monoisotopic (exact) mass is 462 g/mol. The molecule has 0 saturated heterocycles. The molecule has 0 aliphatic rings. The van der Waals surface area contributed by atoms with Crippen LogP contribution in [0.4, 0.5) is 0 Å². The van der Waals surface area contributed by atoms with Crippen LogP contribution in [-0.4, -0.2) is 11.9 Å². The van der Waals surface area contributed by atoms with Crippen LogP contribution in [0, 0.1) is 0 Å². The highest BCUT2D eigenvalue weighted by Crippen LogP contribution is 2.43. The first kappa shape index (κ1) is 25.7. The molecular weight excluding hydrogens is 424 g/mol. The number of carbonyl (C=O) groups excluding carboxylic acids is 2. The van der Waals surface area contributed by atoms with Crippen molar-refractivity contribution in [3.8, 4) is 11.5 Å². The highest BCUT2D eigenvalue weighted by atomic mass is 16.5. The Labute approximate surface area is 203 Å². The van der Waals surface area contributed by atoms with Gasteiger partial charge in [0.25, 0.3) is 0 Å².